The van der Waals surface area contributed by atoms with Crippen molar-refractivity contribution in [2.24, 2.45) is 5.73 Å². The molecule has 1 unspecified atom stereocenters. The minimum Gasteiger partial charge on any atom is -0.352 e. The van der Waals surface area contributed by atoms with Crippen molar-refractivity contribution >= 4 is 5.91 Å². The van der Waals surface area contributed by atoms with Crippen molar-refractivity contribution in [3.8, 4) is 0 Å². The first-order valence-corrected chi connectivity index (χ1v) is 7.47. The SMILES string of the molecule is CC(N)C(=O)NC1CCN(C2CCCCC2)CC1. The first-order valence-electron chi connectivity index (χ1n) is 7.47. The molecule has 1 aliphatic carbocycles. The van der Waals surface area contributed by atoms with Gasteiger partial charge in [-0.3, -0.25) is 4.79 Å². The zero-order valence-electron chi connectivity index (χ0n) is 11.5. The summed E-state index contributed by atoms with van der Waals surface area (Å²) in [5.74, 6) is -0.00823. The summed E-state index contributed by atoms with van der Waals surface area (Å²) < 4.78 is 0. The molecule has 0 radical (unpaired) electrons. The van der Waals surface area contributed by atoms with Gasteiger partial charge in [0.2, 0.25) is 5.91 Å². The Morgan fingerprint density at radius 1 is 1.17 bits per heavy atom. The average molecular weight is 253 g/mol. The molecule has 104 valence electrons. The largest absolute Gasteiger partial charge is 0.352 e. The van der Waals surface area contributed by atoms with Gasteiger partial charge in [0.25, 0.3) is 0 Å². The number of carbonyl (C=O) groups excluding carboxylic acids is 1. The molecule has 1 saturated carbocycles. The molecular weight excluding hydrogens is 226 g/mol. The van der Waals surface area contributed by atoms with Crippen LogP contribution >= 0.6 is 0 Å². The predicted octanol–water partition coefficient (Wildman–Crippen LogP) is 1.25. The van der Waals surface area contributed by atoms with Crippen molar-refractivity contribution in [1.29, 1.82) is 0 Å². The number of piperidine rings is 1. The minimum atomic E-state index is -0.388. The van der Waals surface area contributed by atoms with Crippen LogP contribution < -0.4 is 11.1 Å². The molecule has 0 bridgehead atoms. The number of hydrogen-bond donors (Lipinski definition) is 2. The lowest BCUT2D eigenvalue weighted by molar-refractivity contribution is -0.123. The van der Waals surface area contributed by atoms with Gasteiger partial charge in [-0.05, 0) is 32.6 Å². The summed E-state index contributed by atoms with van der Waals surface area (Å²) in [6.07, 6.45) is 9.10. The lowest BCUT2D eigenvalue weighted by atomic mass is 9.92. The monoisotopic (exact) mass is 253 g/mol. The Hall–Kier alpha value is -0.610. The molecule has 0 spiro atoms. The molecule has 0 aromatic heterocycles. The second kappa shape index (κ2) is 6.53. The van der Waals surface area contributed by atoms with E-state index in [1.807, 2.05) is 0 Å². The summed E-state index contributed by atoms with van der Waals surface area (Å²) in [5.41, 5.74) is 5.57. The van der Waals surface area contributed by atoms with E-state index in [1.165, 1.54) is 32.1 Å². The van der Waals surface area contributed by atoms with Crippen LogP contribution in [0.1, 0.15) is 51.9 Å². The second-order valence-corrected chi connectivity index (χ2v) is 5.90. The Bertz CT molecular complexity index is 266. The Morgan fingerprint density at radius 2 is 1.78 bits per heavy atom. The zero-order valence-corrected chi connectivity index (χ0v) is 11.5. The number of carbonyl (C=O) groups is 1. The molecule has 2 fully saturated rings. The number of nitrogens with one attached hydrogen (secondary N) is 1. The molecule has 4 heteroatoms. The Kier molecular flexibility index (Phi) is 5.01. The molecule has 1 heterocycles. The van der Waals surface area contributed by atoms with Crippen molar-refractivity contribution in [2.75, 3.05) is 13.1 Å². The summed E-state index contributed by atoms with van der Waals surface area (Å²) in [7, 11) is 0. The molecule has 2 aliphatic rings. The summed E-state index contributed by atoms with van der Waals surface area (Å²) in [4.78, 5) is 14.2. The van der Waals surface area contributed by atoms with Gasteiger partial charge in [-0.25, -0.2) is 0 Å². The normalized spacial score (nSPS) is 25.9. The topological polar surface area (TPSA) is 58.4 Å². The van der Waals surface area contributed by atoms with Gasteiger partial charge in [0.15, 0.2) is 0 Å². The fourth-order valence-electron chi connectivity index (χ4n) is 3.19. The zero-order chi connectivity index (χ0) is 13.0. The second-order valence-electron chi connectivity index (χ2n) is 5.90. The first kappa shape index (κ1) is 13.8. The van der Waals surface area contributed by atoms with Crippen LogP contribution in [-0.4, -0.2) is 42.0 Å². The van der Waals surface area contributed by atoms with Crippen LogP contribution in [0, 0.1) is 0 Å². The van der Waals surface area contributed by atoms with E-state index >= 15 is 0 Å². The van der Waals surface area contributed by atoms with E-state index in [2.05, 4.69) is 10.2 Å². The van der Waals surface area contributed by atoms with Crippen LogP contribution in [0.2, 0.25) is 0 Å². The van der Waals surface area contributed by atoms with Crippen molar-refractivity contribution in [2.45, 2.75) is 70.0 Å². The highest BCUT2D eigenvalue weighted by atomic mass is 16.2. The third-order valence-corrected chi connectivity index (χ3v) is 4.38. The summed E-state index contributed by atoms with van der Waals surface area (Å²) >= 11 is 0. The lowest BCUT2D eigenvalue weighted by Gasteiger charge is -2.39. The smallest absolute Gasteiger partial charge is 0.236 e. The van der Waals surface area contributed by atoms with Gasteiger partial charge in [-0.15, -0.1) is 0 Å². The van der Waals surface area contributed by atoms with Crippen LogP contribution in [0.3, 0.4) is 0 Å². The number of nitrogens with zero attached hydrogens (tertiary/aromatic N) is 1. The van der Waals surface area contributed by atoms with E-state index in [0.717, 1.165) is 32.0 Å². The van der Waals surface area contributed by atoms with E-state index < -0.39 is 0 Å². The minimum absolute atomic E-state index is 0.00823. The number of amides is 1. The molecule has 2 rings (SSSR count). The van der Waals surface area contributed by atoms with Gasteiger partial charge in [0.1, 0.15) is 0 Å². The van der Waals surface area contributed by atoms with E-state index in [0.29, 0.717) is 6.04 Å². The molecular formula is C14H27N3O. The third kappa shape index (κ3) is 3.69. The van der Waals surface area contributed by atoms with Crippen LogP contribution in [0.5, 0.6) is 0 Å². The van der Waals surface area contributed by atoms with Crippen LogP contribution in [0.15, 0.2) is 0 Å². The third-order valence-electron chi connectivity index (χ3n) is 4.38. The van der Waals surface area contributed by atoms with Crippen molar-refractivity contribution in [3.63, 3.8) is 0 Å². The van der Waals surface area contributed by atoms with Crippen molar-refractivity contribution in [1.82, 2.24) is 10.2 Å². The van der Waals surface area contributed by atoms with E-state index in [-0.39, 0.29) is 11.9 Å². The maximum absolute atomic E-state index is 11.5. The van der Waals surface area contributed by atoms with Gasteiger partial charge in [-0.1, -0.05) is 19.3 Å². The predicted molar refractivity (Wildman–Crippen MR) is 73.3 cm³/mol. The Balaban J connectivity index is 1.72. The van der Waals surface area contributed by atoms with Gasteiger partial charge in [0, 0.05) is 25.2 Å². The van der Waals surface area contributed by atoms with Gasteiger partial charge >= 0.3 is 0 Å². The van der Waals surface area contributed by atoms with Crippen LogP contribution in [0.4, 0.5) is 0 Å². The Labute approximate surface area is 110 Å². The van der Waals surface area contributed by atoms with Crippen LogP contribution in [-0.2, 0) is 4.79 Å². The number of likely N-dealkylation sites (tertiary alicyclic amines) is 1. The molecule has 3 N–H and O–H groups in total. The molecule has 1 amide bonds. The summed E-state index contributed by atoms with van der Waals surface area (Å²) in [6, 6.07) is 0.758. The molecule has 0 aromatic rings. The highest BCUT2D eigenvalue weighted by Crippen LogP contribution is 2.25. The van der Waals surface area contributed by atoms with E-state index in [1.54, 1.807) is 6.92 Å². The highest BCUT2D eigenvalue weighted by Gasteiger charge is 2.27. The molecule has 18 heavy (non-hydrogen) atoms. The quantitative estimate of drug-likeness (QED) is 0.796. The summed E-state index contributed by atoms with van der Waals surface area (Å²) in [5, 5.41) is 3.05. The number of rotatable bonds is 3. The molecule has 1 atom stereocenters. The standard InChI is InChI=1S/C14H27N3O/c1-11(15)14(18)16-12-7-9-17(10-8-12)13-5-3-2-4-6-13/h11-13H,2-10,15H2,1H3,(H,16,18). The van der Waals surface area contributed by atoms with E-state index in [9.17, 15) is 4.79 Å². The molecule has 0 aromatic carbocycles. The Morgan fingerprint density at radius 3 is 2.33 bits per heavy atom. The van der Waals surface area contributed by atoms with Gasteiger partial charge in [0.05, 0.1) is 6.04 Å². The van der Waals surface area contributed by atoms with Crippen molar-refractivity contribution in [3.05, 3.63) is 0 Å². The number of hydrogen-bond acceptors (Lipinski definition) is 3. The van der Waals surface area contributed by atoms with Gasteiger partial charge < -0.3 is 16.0 Å². The maximum Gasteiger partial charge on any atom is 0.236 e. The van der Waals surface area contributed by atoms with E-state index in [4.69, 9.17) is 5.73 Å². The van der Waals surface area contributed by atoms with Crippen LogP contribution in [0.25, 0.3) is 0 Å². The fourth-order valence-corrected chi connectivity index (χ4v) is 3.19. The molecule has 1 aliphatic heterocycles. The van der Waals surface area contributed by atoms with Gasteiger partial charge in [-0.2, -0.15) is 0 Å². The fraction of sp³-hybridized carbons (Fsp3) is 0.929. The summed E-state index contributed by atoms with van der Waals surface area (Å²) in [6.45, 7) is 4.01. The average Bonchev–Trinajstić information content (AvgIpc) is 2.40. The van der Waals surface area contributed by atoms with Crippen molar-refractivity contribution < 1.29 is 4.79 Å². The lowest BCUT2D eigenvalue weighted by Crippen LogP contribution is -2.50. The molecule has 4 nitrogen and oxygen atoms in total. The first-order chi connectivity index (χ1) is 8.66. The highest BCUT2D eigenvalue weighted by molar-refractivity contribution is 5.81. The maximum atomic E-state index is 11.5. The molecule has 1 saturated heterocycles. The number of nitrogens with two attached hydrogens (primary N) is 1.